The first kappa shape index (κ1) is 16.4. The molecule has 0 unspecified atom stereocenters. The minimum absolute atomic E-state index is 0.0542. The van der Waals surface area contributed by atoms with Crippen molar-refractivity contribution in [1.29, 1.82) is 0 Å². The third kappa shape index (κ3) is 3.88. The third-order valence-electron chi connectivity index (χ3n) is 4.59. The summed E-state index contributed by atoms with van der Waals surface area (Å²) in [6.45, 7) is 7.57. The summed E-state index contributed by atoms with van der Waals surface area (Å²) in [5, 5.41) is 0. The average Bonchev–Trinajstić information content (AvgIpc) is 2.63. The van der Waals surface area contributed by atoms with Crippen LogP contribution in [0.5, 0.6) is 5.75 Å². The highest BCUT2D eigenvalue weighted by atomic mass is 16.5. The maximum atomic E-state index is 12.3. The quantitative estimate of drug-likeness (QED) is 0.867. The topological polar surface area (TPSA) is 32.8 Å². The van der Waals surface area contributed by atoms with Gasteiger partial charge < -0.3 is 14.5 Å². The van der Waals surface area contributed by atoms with Crippen molar-refractivity contribution >= 4 is 11.6 Å². The fourth-order valence-corrected chi connectivity index (χ4v) is 2.89. The Labute approximate surface area is 143 Å². The van der Waals surface area contributed by atoms with E-state index in [4.69, 9.17) is 4.74 Å². The van der Waals surface area contributed by atoms with Crippen LogP contribution in [0.15, 0.2) is 48.5 Å². The van der Waals surface area contributed by atoms with Crippen molar-refractivity contribution in [2.45, 2.75) is 13.8 Å². The first-order chi connectivity index (χ1) is 11.6. The van der Waals surface area contributed by atoms with Gasteiger partial charge >= 0.3 is 0 Å². The fraction of sp³-hybridized carbons (Fsp3) is 0.350. The van der Waals surface area contributed by atoms with Crippen LogP contribution < -0.4 is 9.64 Å². The van der Waals surface area contributed by atoms with Gasteiger partial charge in [0.1, 0.15) is 5.75 Å². The standard InChI is InChI=1S/C20H24N2O2/c1-16-8-9-18(14-17(16)2)21-10-12-22(13-11-21)20(23)15-24-19-6-4-3-5-7-19/h3-9,14H,10-13,15H2,1-2H3. The fourth-order valence-electron chi connectivity index (χ4n) is 2.89. The lowest BCUT2D eigenvalue weighted by atomic mass is 10.1. The number of hydrogen-bond donors (Lipinski definition) is 0. The zero-order valence-corrected chi connectivity index (χ0v) is 14.4. The molecule has 0 radical (unpaired) electrons. The van der Waals surface area contributed by atoms with Crippen LogP contribution in [0.4, 0.5) is 5.69 Å². The maximum absolute atomic E-state index is 12.3. The third-order valence-corrected chi connectivity index (χ3v) is 4.59. The molecule has 4 heteroatoms. The predicted octanol–water partition coefficient (Wildman–Crippen LogP) is 3.03. The maximum Gasteiger partial charge on any atom is 0.260 e. The molecule has 2 aromatic rings. The van der Waals surface area contributed by atoms with Crippen molar-refractivity contribution in [2.75, 3.05) is 37.7 Å². The lowest BCUT2D eigenvalue weighted by Crippen LogP contribution is -2.50. The second-order valence-corrected chi connectivity index (χ2v) is 6.24. The van der Waals surface area contributed by atoms with Crippen LogP contribution >= 0.6 is 0 Å². The molecule has 0 saturated carbocycles. The molecule has 1 amide bonds. The number of benzene rings is 2. The van der Waals surface area contributed by atoms with Crippen molar-refractivity contribution in [2.24, 2.45) is 0 Å². The molecule has 2 aromatic carbocycles. The van der Waals surface area contributed by atoms with Crippen LogP contribution in [0.1, 0.15) is 11.1 Å². The Hall–Kier alpha value is -2.49. The van der Waals surface area contributed by atoms with E-state index in [1.165, 1.54) is 16.8 Å². The number of ether oxygens (including phenoxy) is 1. The molecule has 126 valence electrons. The molecule has 0 spiro atoms. The van der Waals surface area contributed by atoms with E-state index in [9.17, 15) is 4.79 Å². The summed E-state index contributed by atoms with van der Waals surface area (Å²) in [5.74, 6) is 0.790. The van der Waals surface area contributed by atoms with Gasteiger partial charge in [-0.15, -0.1) is 0 Å². The molecule has 1 aliphatic heterocycles. The van der Waals surface area contributed by atoms with E-state index in [0.717, 1.165) is 31.9 Å². The summed E-state index contributed by atoms with van der Waals surface area (Å²) in [7, 11) is 0. The zero-order chi connectivity index (χ0) is 16.9. The van der Waals surface area contributed by atoms with E-state index in [2.05, 4.69) is 36.9 Å². The number of amides is 1. The summed E-state index contributed by atoms with van der Waals surface area (Å²) < 4.78 is 5.56. The number of piperazine rings is 1. The van der Waals surface area contributed by atoms with Crippen molar-refractivity contribution in [1.82, 2.24) is 4.90 Å². The lowest BCUT2D eigenvalue weighted by Gasteiger charge is -2.36. The van der Waals surface area contributed by atoms with Crippen LogP contribution in [-0.4, -0.2) is 43.6 Å². The molecular formula is C20H24N2O2. The van der Waals surface area contributed by atoms with E-state index < -0.39 is 0 Å². The smallest absolute Gasteiger partial charge is 0.260 e. The van der Waals surface area contributed by atoms with Crippen molar-refractivity contribution in [3.63, 3.8) is 0 Å². The van der Waals surface area contributed by atoms with Gasteiger partial charge in [0.05, 0.1) is 0 Å². The van der Waals surface area contributed by atoms with E-state index in [1.54, 1.807) is 0 Å². The average molecular weight is 324 g/mol. The molecule has 1 heterocycles. The number of aryl methyl sites for hydroxylation is 2. The molecule has 1 aliphatic rings. The van der Waals surface area contributed by atoms with Gasteiger partial charge in [-0.1, -0.05) is 24.3 Å². The summed E-state index contributed by atoms with van der Waals surface area (Å²) >= 11 is 0. The number of para-hydroxylation sites is 1. The summed E-state index contributed by atoms with van der Waals surface area (Å²) in [5.41, 5.74) is 3.86. The Morgan fingerprint density at radius 2 is 1.67 bits per heavy atom. The summed E-state index contributed by atoms with van der Waals surface area (Å²) in [6, 6.07) is 16.0. The Bertz CT molecular complexity index is 692. The SMILES string of the molecule is Cc1ccc(N2CCN(C(=O)COc3ccccc3)CC2)cc1C. The number of nitrogens with zero attached hydrogens (tertiary/aromatic N) is 2. The summed E-state index contributed by atoms with van der Waals surface area (Å²) in [6.07, 6.45) is 0. The van der Waals surface area contributed by atoms with Crippen LogP contribution in [0.25, 0.3) is 0 Å². The molecule has 1 saturated heterocycles. The Morgan fingerprint density at radius 1 is 0.958 bits per heavy atom. The lowest BCUT2D eigenvalue weighted by molar-refractivity contribution is -0.133. The molecule has 24 heavy (non-hydrogen) atoms. The largest absolute Gasteiger partial charge is 0.484 e. The molecule has 3 rings (SSSR count). The first-order valence-electron chi connectivity index (χ1n) is 8.41. The number of rotatable bonds is 4. The minimum atomic E-state index is 0.0542. The molecule has 1 fully saturated rings. The second kappa shape index (κ2) is 7.39. The number of anilines is 1. The van der Waals surface area contributed by atoms with Gasteiger partial charge in [-0.2, -0.15) is 0 Å². The molecule has 0 aliphatic carbocycles. The van der Waals surface area contributed by atoms with Gasteiger partial charge in [0.25, 0.3) is 5.91 Å². The van der Waals surface area contributed by atoms with Gasteiger partial charge in [0.15, 0.2) is 6.61 Å². The first-order valence-corrected chi connectivity index (χ1v) is 8.41. The molecule has 0 N–H and O–H groups in total. The van der Waals surface area contributed by atoms with Crippen LogP contribution in [-0.2, 0) is 4.79 Å². The van der Waals surface area contributed by atoms with Crippen LogP contribution in [0.3, 0.4) is 0 Å². The summed E-state index contributed by atoms with van der Waals surface area (Å²) in [4.78, 5) is 16.5. The normalized spacial score (nSPS) is 14.6. The monoisotopic (exact) mass is 324 g/mol. The van der Waals surface area contributed by atoms with Crippen LogP contribution in [0, 0.1) is 13.8 Å². The highest BCUT2D eigenvalue weighted by Gasteiger charge is 2.21. The number of carbonyl (C=O) groups is 1. The van der Waals surface area contributed by atoms with Gasteiger partial charge in [0.2, 0.25) is 0 Å². The highest BCUT2D eigenvalue weighted by molar-refractivity contribution is 5.78. The van der Waals surface area contributed by atoms with Crippen molar-refractivity contribution in [3.8, 4) is 5.75 Å². The van der Waals surface area contributed by atoms with Gasteiger partial charge in [0, 0.05) is 31.9 Å². The number of hydrogen-bond acceptors (Lipinski definition) is 3. The van der Waals surface area contributed by atoms with Crippen molar-refractivity contribution < 1.29 is 9.53 Å². The van der Waals surface area contributed by atoms with Crippen LogP contribution in [0.2, 0.25) is 0 Å². The highest BCUT2D eigenvalue weighted by Crippen LogP contribution is 2.20. The molecule has 4 nitrogen and oxygen atoms in total. The Balaban J connectivity index is 1.51. The molecule has 0 bridgehead atoms. The van der Waals surface area contributed by atoms with Gasteiger partial charge in [-0.3, -0.25) is 4.79 Å². The molecule has 0 atom stereocenters. The Morgan fingerprint density at radius 3 is 2.33 bits per heavy atom. The number of carbonyl (C=O) groups excluding carboxylic acids is 1. The second-order valence-electron chi connectivity index (χ2n) is 6.24. The predicted molar refractivity (Wildman–Crippen MR) is 96.6 cm³/mol. The minimum Gasteiger partial charge on any atom is -0.484 e. The van der Waals surface area contributed by atoms with Gasteiger partial charge in [-0.25, -0.2) is 0 Å². The molecule has 0 aromatic heterocycles. The van der Waals surface area contributed by atoms with E-state index in [1.807, 2.05) is 35.2 Å². The zero-order valence-electron chi connectivity index (χ0n) is 14.4. The molecular weight excluding hydrogens is 300 g/mol. The van der Waals surface area contributed by atoms with E-state index >= 15 is 0 Å². The van der Waals surface area contributed by atoms with E-state index in [0.29, 0.717) is 0 Å². The Kier molecular flexibility index (Phi) is 5.04. The van der Waals surface area contributed by atoms with E-state index in [-0.39, 0.29) is 12.5 Å². The van der Waals surface area contributed by atoms with Crippen molar-refractivity contribution in [3.05, 3.63) is 59.7 Å². The van der Waals surface area contributed by atoms with Gasteiger partial charge in [-0.05, 0) is 49.2 Å².